The number of nitrogens with two attached hydrogens (primary N) is 1. The number of methoxy groups -OCH3 is 2. The maximum atomic E-state index is 13.0. The molecule has 0 bridgehead atoms. The number of amides is 1. The first-order valence-corrected chi connectivity index (χ1v) is 11.0. The SMILES string of the molecule is COc1ccc(OC)c(C(CCc2ccncc2)(NCCC2CCNCC2)C(N)=O)c1. The molecule has 1 saturated heterocycles. The second-order valence-electron chi connectivity index (χ2n) is 8.10. The normalized spacial score (nSPS) is 16.5. The second kappa shape index (κ2) is 11.1. The Kier molecular flexibility index (Phi) is 8.26. The minimum absolute atomic E-state index is 0.418. The molecule has 1 aromatic carbocycles. The van der Waals surface area contributed by atoms with E-state index in [4.69, 9.17) is 15.2 Å². The zero-order chi connectivity index (χ0) is 22.1. The van der Waals surface area contributed by atoms with Crippen LogP contribution in [0.4, 0.5) is 0 Å². The van der Waals surface area contributed by atoms with E-state index >= 15 is 0 Å². The molecule has 168 valence electrons. The maximum Gasteiger partial charge on any atom is 0.242 e. The van der Waals surface area contributed by atoms with Gasteiger partial charge < -0.3 is 20.5 Å². The third-order valence-electron chi connectivity index (χ3n) is 6.26. The molecule has 0 aliphatic carbocycles. The summed E-state index contributed by atoms with van der Waals surface area (Å²) in [5.41, 5.74) is 6.82. The van der Waals surface area contributed by atoms with E-state index in [1.807, 2.05) is 30.3 Å². The number of pyridine rings is 1. The monoisotopic (exact) mass is 426 g/mol. The van der Waals surface area contributed by atoms with E-state index in [1.165, 1.54) is 0 Å². The standard InChI is InChI=1S/C24H34N4O3/c1-30-20-3-4-22(31-2)21(17-20)24(23(25)29,11-5-18-6-12-26-13-7-18)28-16-10-19-8-14-27-15-9-19/h3-4,6-7,12-13,17,19,27-28H,5,8-11,14-16H2,1-2H3,(H2,25,29). The minimum Gasteiger partial charge on any atom is -0.497 e. The number of nitrogens with one attached hydrogen (secondary N) is 2. The molecule has 2 aromatic rings. The summed E-state index contributed by atoms with van der Waals surface area (Å²) >= 11 is 0. The van der Waals surface area contributed by atoms with Gasteiger partial charge in [0.15, 0.2) is 0 Å². The number of aromatic nitrogens is 1. The van der Waals surface area contributed by atoms with Crippen LogP contribution in [0.5, 0.6) is 11.5 Å². The second-order valence-corrected chi connectivity index (χ2v) is 8.10. The van der Waals surface area contributed by atoms with Gasteiger partial charge in [0.05, 0.1) is 14.2 Å². The Morgan fingerprint density at radius 2 is 1.94 bits per heavy atom. The van der Waals surface area contributed by atoms with E-state index in [0.717, 1.165) is 37.9 Å². The lowest BCUT2D eigenvalue weighted by Gasteiger charge is -2.35. The number of primary amides is 1. The highest BCUT2D eigenvalue weighted by Crippen LogP contribution is 2.37. The number of carbonyl (C=O) groups excluding carboxylic acids is 1. The Balaban J connectivity index is 1.90. The van der Waals surface area contributed by atoms with E-state index in [0.29, 0.717) is 42.4 Å². The first-order chi connectivity index (χ1) is 15.1. The van der Waals surface area contributed by atoms with E-state index < -0.39 is 11.4 Å². The summed E-state index contributed by atoms with van der Waals surface area (Å²) < 4.78 is 11.1. The van der Waals surface area contributed by atoms with Crippen LogP contribution in [0.3, 0.4) is 0 Å². The van der Waals surface area contributed by atoms with Crippen LogP contribution in [0, 0.1) is 5.92 Å². The number of nitrogens with zero attached hydrogens (tertiary/aromatic N) is 1. The highest BCUT2D eigenvalue weighted by Gasteiger charge is 2.40. The summed E-state index contributed by atoms with van der Waals surface area (Å²) in [6.07, 6.45) is 8.01. The smallest absolute Gasteiger partial charge is 0.242 e. The summed E-state index contributed by atoms with van der Waals surface area (Å²) in [5, 5.41) is 6.95. The van der Waals surface area contributed by atoms with Crippen LogP contribution in [-0.4, -0.2) is 44.7 Å². The highest BCUT2D eigenvalue weighted by molar-refractivity contribution is 5.87. The molecule has 1 atom stereocenters. The summed E-state index contributed by atoms with van der Waals surface area (Å²) in [7, 11) is 3.22. The lowest BCUT2D eigenvalue weighted by atomic mass is 9.82. The Hall–Kier alpha value is -2.64. The van der Waals surface area contributed by atoms with E-state index in [1.54, 1.807) is 26.6 Å². The van der Waals surface area contributed by atoms with Crippen molar-refractivity contribution in [3.63, 3.8) is 0 Å². The third kappa shape index (κ3) is 5.74. The number of hydrogen-bond donors (Lipinski definition) is 3. The average molecular weight is 427 g/mol. The summed E-state index contributed by atoms with van der Waals surface area (Å²) in [5.74, 6) is 1.50. The van der Waals surface area contributed by atoms with Crippen molar-refractivity contribution in [2.24, 2.45) is 11.7 Å². The van der Waals surface area contributed by atoms with Crippen LogP contribution in [0.1, 0.15) is 36.8 Å². The fraction of sp³-hybridized carbons (Fsp3) is 0.500. The first-order valence-electron chi connectivity index (χ1n) is 11.0. The van der Waals surface area contributed by atoms with Crippen molar-refractivity contribution in [2.45, 2.75) is 37.6 Å². The fourth-order valence-electron chi connectivity index (χ4n) is 4.35. The molecule has 31 heavy (non-hydrogen) atoms. The van der Waals surface area contributed by atoms with E-state index in [-0.39, 0.29) is 0 Å². The largest absolute Gasteiger partial charge is 0.497 e. The Morgan fingerprint density at radius 3 is 2.58 bits per heavy atom. The molecule has 4 N–H and O–H groups in total. The molecule has 1 fully saturated rings. The van der Waals surface area contributed by atoms with Crippen molar-refractivity contribution >= 4 is 5.91 Å². The van der Waals surface area contributed by atoms with Gasteiger partial charge in [-0.15, -0.1) is 0 Å². The van der Waals surface area contributed by atoms with Gasteiger partial charge >= 0.3 is 0 Å². The van der Waals surface area contributed by atoms with Gasteiger partial charge in [0.1, 0.15) is 17.0 Å². The van der Waals surface area contributed by atoms with Crippen molar-refractivity contribution < 1.29 is 14.3 Å². The van der Waals surface area contributed by atoms with Crippen LogP contribution in [-0.2, 0) is 16.8 Å². The van der Waals surface area contributed by atoms with Gasteiger partial charge in [-0.2, -0.15) is 0 Å². The average Bonchev–Trinajstić information content (AvgIpc) is 2.82. The van der Waals surface area contributed by atoms with Gasteiger partial charge in [-0.3, -0.25) is 15.1 Å². The van der Waals surface area contributed by atoms with Crippen LogP contribution in [0.15, 0.2) is 42.7 Å². The fourth-order valence-corrected chi connectivity index (χ4v) is 4.35. The summed E-state index contributed by atoms with van der Waals surface area (Å²) in [4.78, 5) is 17.1. The predicted molar refractivity (Wildman–Crippen MR) is 121 cm³/mol. The van der Waals surface area contributed by atoms with Gasteiger partial charge in [0, 0.05) is 18.0 Å². The molecule has 1 aliphatic heterocycles. The third-order valence-corrected chi connectivity index (χ3v) is 6.26. The molecule has 1 aliphatic rings. The number of piperidine rings is 1. The summed E-state index contributed by atoms with van der Waals surface area (Å²) in [6, 6.07) is 9.43. The number of hydrogen-bond acceptors (Lipinski definition) is 6. The zero-order valence-electron chi connectivity index (χ0n) is 18.5. The number of carbonyl (C=O) groups is 1. The Bertz CT molecular complexity index is 840. The van der Waals surface area contributed by atoms with Crippen molar-refractivity contribution in [3.8, 4) is 11.5 Å². The quantitative estimate of drug-likeness (QED) is 0.510. The highest BCUT2D eigenvalue weighted by atomic mass is 16.5. The van der Waals surface area contributed by atoms with Gasteiger partial charge in [-0.05, 0) is 93.6 Å². The van der Waals surface area contributed by atoms with Crippen LogP contribution in [0.2, 0.25) is 0 Å². The number of aryl methyl sites for hydroxylation is 1. The van der Waals surface area contributed by atoms with Crippen molar-refractivity contribution in [1.29, 1.82) is 0 Å². The lowest BCUT2D eigenvalue weighted by molar-refractivity contribution is -0.125. The van der Waals surface area contributed by atoms with Gasteiger partial charge in [0.25, 0.3) is 0 Å². The molecule has 0 saturated carbocycles. The zero-order valence-corrected chi connectivity index (χ0v) is 18.5. The number of ether oxygens (including phenoxy) is 2. The minimum atomic E-state index is -1.07. The van der Waals surface area contributed by atoms with E-state index in [2.05, 4.69) is 15.6 Å². The van der Waals surface area contributed by atoms with Crippen molar-refractivity contribution in [2.75, 3.05) is 33.9 Å². The molecule has 1 amide bonds. The van der Waals surface area contributed by atoms with Crippen LogP contribution < -0.4 is 25.8 Å². The summed E-state index contributed by atoms with van der Waals surface area (Å²) in [6.45, 7) is 2.80. The molecule has 1 aromatic heterocycles. The molecule has 7 heteroatoms. The molecule has 7 nitrogen and oxygen atoms in total. The molecular formula is C24H34N4O3. The lowest BCUT2D eigenvalue weighted by Crippen LogP contribution is -2.53. The van der Waals surface area contributed by atoms with Gasteiger partial charge in [-0.1, -0.05) is 0 Å². The van der Waals surface area contributed by atoms with Gasteiger partial charge in [-0.25, -0.2) is 0 Å². The number of benzene rings is 1. The molecule has 0 radical (unpaired) electrons. The Morgan fingerprint density at radius 1 is 1.19 bits per heavy atom. The Labute approximate surface area is 184 Å². The topological polar surface area (TPSA) is 98.5 Å². The molecule has 1 unspecified atom stereocenters. The molecule has 0 spiro atoms. The molecule has 2 heterocycles. The van der Waals surface area contributed by atoms with Gasteiger partial charge in [0.2, 0.25) is 5.91 Å². The number of rotatable bonds is 11. The van der Waals surface area contributed by atoms with Crippen molar-refractivity contribution in [1.82, 2.24) is 15.6 Å². The molecule has 3 rings (SSSR count). The van der Waals surface area contributed by atoms with Crippen LogP contribution in [0.25, 0.3) is 0 Å². The first kappa shape index (κ1) is 23.0. The predicted octanol–water partition coefficient (Wildman–Crippen LogP) is 2.39. The van der Waals surface area contributed by atoms with Crippen molar-refractivity contribution in [3.05, 3.63) is 53.9 Å². The van der Waals surface area contributed by atoms with Crippen LogP contribution >= 0.6 is 0 Å². The maximum absolute atomic E-state index is 13.0. The van der Waals surface area contributed by atoms with E-state index in [9.17, 15) is 4.79 Å². The molecular weight excluding hydrogens is 392 g/mol.